The first kappa shape index (κ1) is 14.6. The molecule has 0 aromatic heterocycles. The lowest BCUT2D eigenvalue weighted by molar-refractivity contribution is -0.135. The summed E-state index contributed by atoms with van der Waals surface area (Å²) >= 11 is 0. The van der Waals surface area contributed by atoms with Crippen LogP contribution in [0.15, 0.2) is 18.2 Å². The first-order chi connectivity index (χ1) is 10.0. The third-order valence-corrected chi connectivity index (χ3v) is 6.20. The maximum absolute atomic E-state index is 12.0. The number of fused-ring (bicyclic) bond motifs is 1. The monoisotopic (exact) mass is 308 g/mol. The molecule has 1 aromatic carbocycles. The molecular weight excluding hydrogens is 288 g/mol. The summed E-state index contributed by atoms with van der Waals surface area (Å²) in [5.41, 5.74) is 2.42. The Morgan fingerprint density at radius 3 is 2.81 bits per heavy atom. The molecule has 1 atom stereocenters. The molecule has 1 aliphatic carbocycles. The van der Waals surface area contributed by atoms with Gasteiger partial charge in [0, 0.05) is 6.42 Å². The van der Waals surface area contributed by atoms with E-state index in [4.69, 9.17) is 4.74 Å². The standard InChI is InChI=1S/C16H20O4S/c17-16(10-12-8-9-21(18,19)11-12)20-15-7-3-5-13-4-1-2-6-14(13)15/h3,5,7,12H,1-2,4,6,8-11H2. The van der Waals surface area contributed by atoms with Gasteiger partial charge < -0.3 is 4.74 Å². The van der Waals surface area contributed by atoms with Crippen molar-refractivity contribution in [1.29, 1.82) is 0 Å². The SMILES string of the molecule is O=C(CC1CCS(=O)(=O)C1)Oc1cccc2c1CCCC2. The van der Waals surface area contributed by atoms with Crippen LogP contribution in [-0.2, 0) is 27.5 Å². The molecule has 1 heterocycles. The molecule has 1 aliphatic heterocycles. The van der Waals surface area contributed by atoms with Gasteiger partial charge >= 0.3 is 5.97 Å². The Hall–Kier alpha value is -1.36. The zero-order chi connectivity index (χ0) is 14.9. The van der Waals surface area contributed by atoms with Crippen LogP contribution in [0.2, 0.25) is 0 Å². The summed E-state index contributed by atoms with van der Waals surface area (Å²) in [4.78, 5) is 12.0. The second kappa shape index (κ2) is 5.79. The fourth-order valence-corrected chi connectivity index (χ4v) is 5.14. The number of esters is 1. The summed E-state index contributed by atoms with van der Waals surface area (Å²) in [5.74, 6) is 0.594. The number of ether oxygens (including phenoxy) is 1. The first-order valence-corrected chi connectivity index (χ1v) is 9.37. The molecule has 0 radical (unpaired) electrons. The summed E-state index contributed by atoms with van der Waals surface area (Å²) in [6, 6.07) is 5.86. The van der Waals surface area contributed by atoms with Crippen molar-refractivity contribution in [2.75, 3.05) is 11.5 Å². The van der Waals surface area contributed by atoms with E-state index in [1.165, 1.54) is 12.0 Å². The highest BCUT2D eigenvalue weighted by Gasteiger charge is 2.30. The molecule has 3 rings (SSSR count). The molecule has 2 aliphatic rings. The van der Waals surface area contributed by atoms with Crippen molar-refractivity contribution in [1.82, 2.24) is 0 Å². The van der Waals surface area contributed by atoms with E-state index in [-0.39, 0.29) is 29.8 Å². The summed E-state index contributed by atoms with van der Waals surface area (Å²) in [6.45, 7) is 0. The molecule has 0 saturated carbocycles. The van der Waals surface area contributed by atoms with Gasteiger partial charge in [-0.2, -0.15) is 0 Å². The molecule has 5 heteroatoms. The predicted octanol–water partition coefficient (Wildman–Crippen LogP) is 2.30. The Kier molecular flexibility index (Phi) is 4.02. The number of carbonyl (C=O) groups excluding carboxylic acids is 1. The van der Waals surface area contributed by atoms with Crippen LogP contribution in [-0.4, -0.2) is 25.9 Å². The van der Waals surface area contributed by atoms with Crippen LogP contribution in [0.3, 0.4) is 0 Å². The highest BCUT2D eigenvalue weighted by Crippen LogP contribution is 2.30. The average Bonchev–Trinajstić information content (AvgIpc) is 2.78. The lowest BCUT2D eigenvalue weighted by Crippen LogP contribution is -2.16. The van der Waals surface area contributed by atoms with E-state index in [2.05, 4.69) is 6.07 Å². The summed E-state index contributed by atoms with van der Waals surface area (Å²) in [5, 5.41) is 0. The number of carbonyl (C=O) groups is 1. The molecule has 0 amide bonds. The van der Waals surface area contributed by atoms with E-state index < -0.39 is 9.84 Å². The molecular formula is C16H20O4S. The summed E-state index contributed by atoms with van der Waals surface area (Å²) in [6.07, 6.45) is 5.08. The molecule has 0 bridgehead atoms. The summed E-state index contributed by atoms with van der Waals surface area (Å²) in [7, 11) is -2.94. The minimum absolute atomic E-state index is 0.0814. The van der Waals surface area contributed by atoms with Gasteiger partial charge in [-0.1, -0.05) is 12.1 Å². The van der Waals surface area contributed by atoms with E-state index in [0.29, 0.717) is 12.2 Å². The highest BCUT2D eigenvalue weighted by atomic mass is 32.2. The maximum Gasteiger partial charge on any atom is 0.311 e. The van der Waals surface area contributed by atoms with E-state index in [0.717, 1.165) is 24.8 Å². The van der Waals surface area contributed by atoms with Gasteiger partial charge in [0.15, 0.2) is 9.84 Å². The van der Waals surface area contributed by atoms with Crippen molar-refractivity contribution >= 4 is 15.8 Å². The van der Waals surface area contributed by atoms with Crippen molar-refractivity contribution in [2.24, 2.45) is 5.92 Å². The van der Waals surface area contributed by atoms with Crippen molar-refractivity contribution in [3.8, 4) is 5.75 Å². The van der Waals surface area contributed by atoms with E-state index in [9.17, 15) is 13.2 Å². The summed E-state index contributed by atoms with van der Waals surface area (Å²) < 4.78 is 28.3. The third kappa shape index (κ3) is 3.46. The largest absolute Gasteiger partial charge is 0.426 e. The Labute approximate surface area is 125 Å². The minimum atomic E-state index is -2.94. The smallest absolute Gasteiger partial charge is 0.311 e. The number of sulfone groups is 1. The van der Waals surface area contributed by atoms with Gasteiger partial charge in [-0.3, -0.25) is 4.79 Å². The average molecular weight is 308 g/mol. The fourth-order valence-electron chi connectivity index (χ4n) is 3.27. The molecule has 0 N–H and O–H groups in total. The van der Waals surface area contributed by atoms with Gasteiger partial charge in [0.25, 0.3) is 0 Å². The molecule has 0 spiro atoms. The van der Waals surface area contributed by atoms with E-state index in [1.54, 1.807) is 0 Å². The first-order valence-electron chi connectivity index (χ1n) is 7.55. The molecule has 1 fully saturated rings. The van der Waals surface area contributed by atoms with Crippen LogP contribution >= 0.6 is 0 Å². The van der Waals surface area contributed by atoms with E-state index >= 15 is 0 Å². The Bertz CT molecular complexity index is 648. The number of aryl methyl sites for hydroxylation is 1. The van der Waals surface area contributed by atoms with Gasteiger partial charge in [0.05, 0.1) is 11.5 Å². The van der Waals surface area contributed by atoms with E-state index in [1.807, 2.05) is 12.1 Å². The second-order valence-corrected chi connectivity index (χ2v) is 8.28. The number of hydrogen-bond donors (Lipinski definition) is 0. The van der Waals surface area contributed by atoms with Crippen LogP contribution in [0.5, 0.6) is 5.75 Å². The van der Waals surface area contributed by atoms with Crippen LogP contribution in [0, 0.1) is 5.92 Å². The molecule has 114 valence electrons. The van der Waals surface area contributed by atoms with Gasteiger partial charge in [-0.25, -0.2) is 8.42 Å². The van der Waals surface area contributed by atoms with Crippen molar-refractivity contribution < 1.29 is 17.9 Å². The highest BCUT2D eigenvalue weighted by molar-refractivity contribution is 7.91. The van der Waals surface area contributed by atoms with Crippen molar-refractivity contribution in [3.63, 3.8) is 0 Å². The predicted molar refractivity (Wildman–Crippen MR) is 80.1 cm³/mol. The topological polar surface area (TPSA) is 60.4 Å². The molecule has 1 aromatic rings. The number of rotatable bonds is 3. The zero-order valence-electron chi connectivity index (χ0n) is 12.0. The Morgan fingerprint density at radius 1 is 1.24 bits per heavy atom. The number of benzene rings is 1. The Balaban J connectivity index is 1.66. The van der Waals surface area contributed by atoms with Crippen LogP contribution < -0.4 is 4.74 Å². The lowest BCUT2D eigenvalue weighted by atomic mass is 9.91. The second-order valence-electron chi connectivity index (χ2n) is 6.05. The van der Waals surface area contributed by atoms with Gasteiger partial charge in [-0.05, 0) is 55.2 Å². The number of hydrogen-bond acceptors (Lipinski definition) is 4. The van der Waals surface area contributed by atoms with Crippen LogP contribution in [0.4, 0.5) is 0 Å². The van der Waals surface area contributed by atoms with Crippen molar-refractivity contribution in [3.05, 3.63) is 29.3 Å². The molecule has 4 nitrogen and oxygen atoms in total. The van der Waals surface area contributed by atoms with Crippen LogP contribution in [0.1, 0.15) is 36.8 Å². The third-order valence-electron chi connectivity index (χ3n) is 4.36. The maximum atomic E-state index is 12.0. The normalized spacial score (nSPS) is 23.5. The lowest BCUT2D eigenvalue weighted by Gasteiger charge is -2.19. The quantitative estimate of drug-likeness (QED) is 0.635. The van der Waals surface area contributed by atoms with Gasteiger partial charge in [-0.15, -0.1) is 0 Å². The minimum Gasteiger partial charge on any atom is -0.426 e. The van der Waals surface area contributed by atoms with Gasteiger partial charge in [0.1, 0.15) is 5.75 Å². The fraction of sp³-hybridized carbons (Fsp3) is 0.562. The zero-order valence-corrected chi connectivity index (χ0v) is 12.8. The Morgan fingerprint density at radius 2 is 2.05 bits per heavy atom. The van der Waals surface area contributed by atoms with Crippen molar-refractivity contribution in [2.45, 2.75) is 38.5 Å². The molecule has 21 heavy (non-hydrogen) atoms. The molecule has 1 saturated heterocycles. The van der Waals surface area contributed by atoms with Gasteiger partial charge in [0.2, 0.25) is 0 Å². The molecule has 1 unspecified atom stereocenters. The van der Waals surface area contributed by atoms with Crippen LogP contribution in [0.25, 0.3) is 0 Å².